The molecule has 0 bridgehead atoms. The molecule has 0 atom stereocenters. The van der Waals surface area contributed by atoms with Gasteiger partial charge in [-0.3, -0.25) is 4.79 Å². The van der Waals surface area contributed by atoms with Gasteiger partial charge in [0.2, 0.25) is 5.91 Å². The van der Waals surface area contributed by atoms with Gasteiger partial charge in [0.1, 0.15) is 18.8 Å². The lowest BCUT2D eigenvalue weighted by Gasteiger charge is -2.40. The molecule has 1 rings (SSSR count). The number of carbonyl (C=O) groups excluding carboxylic acids is 1. The van der Waals surface area contributed by atoms with E-state index < -0.39 is 36.8 Å². The molecule has 0 aromatic heterocycles. The van der Waals surface area contributed by atoms with Gasteiger partial charge in [-0.1, -0.05) is 19.3 Å². The Morgan fingerprint density at radius 1 is 1.25 bits per heavy atom. The van der Waals surface area contributed by atoms with Crippen LogP contribution in [0.25, 0.3) is 0 Å². The number of carbonyl (C=O) groups is 2. The van der Waals surface area contributed by atoms with Crippen LogP contribution in [0.15, 0.2) is 0 Å². The summed E-state index contributed by atoms with van der Waals surface area (Å²) in [5.74, 6) is -1.87. The molecule has 1 fully saturated rings. The molecule has 1 N–H and O–H groups in total. The number of aliphatic carboxylic acids is 1. The van der Waals surface area contributed by atoms with Crippen LogP contribution in [0.1, 0.15) is 32.1 Å². The fourth-order valence-electron chi connectivity index (χ4n) is 2.42. The predicted octanol–water partition coefficient (Wildman–Crippen LogP) is 1.81. The molecule has 0 aliphatic heterocycles. The van der Waals surface area contributed by atoms with Crippen LogP contribution in [0.3, 0.4) is 0 Å². The zero-order chi connectivity index (χ0) is 15.4. The maximum Gasteiger partial charge on any atom is 0.411 e. The van der Waals surface area contributed by atoms with Crippen molar-refractivity contribution in [1.29, 1.82) is 0 Å². The van der Waals surface area contributed by atoms with Crippen LogP contribution in [-0.2, 0) is 14.3 Å². The van der Waals surface area contributed by atoms with Crippen molar-refractivity contribution in [3.05, 3.63) is 0 Å². The van der Waals surface area contributed by atoms with Crippen LogP contribution in [0.4, 0.5) is 13.2 Å². The molecule has 0 unspecified atom stereocenters. The number of halogens is 3. The standard InChI is InChI=1S/C12H18F3NO4/c1-16(9(17)7-20-8-12(13,14)15)11(10(18)19)5-3-2-4-6-11/h2-8H2,1H3,(H,18,19). The summed E-state index contributed by atoms with van der Waals surface area (Å²) in [7, 11) is 1.30. The van der Waals surface area contributed by atoms with E-state index in [0.717, 1.165) is 11.3 Å². The highest BCUT2D eigenvalue weighted by molar-refractivity contribution is 5.87. The summed E-state index contributed by atoms with van der Waals surface area (Å²) in [4.78, 5) is 24.3. The predicted molar refractivity (Wildman–Crippen MR) is 63.1 cm³/mol. The summed E-state index contributed by atoms with van der Waals surface area (Å²) in [5, 5.41) is 9.35. The molecule has 1 aliphatic carbocycles. The maximum atomic E-state index is 11.9. The Bertz CT molecular complexity index is 364. The van der Waals surface area contributed by atoms with Gasteiger partial charge in [0.05, 0.1) is 0 Å². The zero-order valence-corrected chi connectivity index (χ0v) is 11.2. The van der Waals surface area contributed by atoms with E-state index in [1.807, 2.05) is 0 Å². The van der Waals surface area contributed by atoms with Crippen LogP contribution in [0, 0.1) is 0 Å². The van der Waals surface area contributed by atoms with E-state index in [1.165, 1.54) is 7.05 Å². The maximum absolute atomic E-state index is 11.9. The summed E-state index contributed by atoms with van der Waals surface area (Å²) >= 11 is 0. The van der Waals surface area contributed by atoms with Crippen molar-refractivity contribution >= 4 is 11.9 Å². The number of carboxylic acids is 1. The first-order chi connectivity index (χ1) is 9.19. The third kappa shape index (κ3) is 4.09. The minimum atomic E-state index is -4.51. The number of hydrogen-bond donors (Lipinski definition) is 1. The van der Waals surface area contributed by atoms with Gasteiger partial charge >= 0.3 is 12.1 Å². The van der Waals surface area contributed by atoms with Gasteiger partial charge < -0.3 is 14.7 Å². The summed E-state index contributed by atoms with van der Waals surface area (Å²) < 4.78 is 40.1. The van der Waals surface area contributed by atoms with Crippen molar-refractivity contribution < 1.29 is 32.6 Å². The number of rotatable bonds is 5. The first-order valence-corrected chi connectivity index (χ1v) is 6.33. The second kappa shape index (κ2) is 6.43. The molecular weight excluding hydrogens is 279 g/mol. The molecule has 0 aromatic rings. The van der Waals surface area contributed by atoms with E-state index in [1.54, 1.807) is 0 Å². The highest BCUT2D eigenvalue weighted by Crippen LogP contribution is 2.33. The molecule has 20 heavy (non-hydrogen) atoms. The molecule has 1 saturated carbocycles. The summed E-state index contributed by atoms with van der Waals surface area (Å²) in [6.45, 7) is -2.29. The number of amides is 1. The minimum Gasteiger partial charge on any atom is -0.479 e. The van der Waals surface area contributed by atoms with Crippen molar-refractivity contribution in [2.45, 2.75) is 43.8 Å². The number of nitrogens with zero attached hydrogens (tertiary/aromatic N) is 1. The van der Waals surface area contributed by atoms with Crippen LogP contribution in [0.2, 0.25) is 0 Å². The third-order valence-corrected chi connectivity index (χ3v) is 3.59. The first-order valence-electron chi connectivity index (χ1n) is 6.33. The molecule has 0 saturated heterocycles. The monoisotopic (exact) mass is 297 g/mol. The van der Waals surface area contributed by atoms with Crippen molar-refractivity contribution in [3.63, 3.8) is 0 Å². The number of ether oxygens (including phenoxy) is 1. The molecule has 0 aromatic carbocycles. The number of likely N-dealkylation sites (N-methyl/N-ethyl adjacent to an activating group) is 1. The lowest BCUT2D eigenvalue weighted by molar-refractivity contribution is -0.181. The first kappa shape index (κ1) is 16.7. The molecule has 0 spiro atoms. The van der Waals surface area contributed by atoms with Crippen molar-refractivity contribution in [3.8, 4) is 0 Å². The normalized spacial score (nSPS) is 18.6. The Morgan fingerprint density at radius 2 is 1.80 bits per heavy atom. The van der Waals surface area contributed by atoms with E-state index in [9.17, 15) is 27.9 Å². The highest BCUT2D eigenvalue weighted by atomic mass is 19.4. The molecule has 1 aliphatic rings. The van der Waals surface area contributed by atoms with Crippen molar-refractivity contribution in [2.75, 3.05) is 20.3 Å². The topological polar surface area (TPSA) is 66.8 Å². The fraction of sp³-hybridized carbons (Fsp3) is 0.833. The molecule has 0 radical (unpaired) electrons. The minimum absolute atomic E-state index is 0.309. The number of carboxylic acid groups (broad SMARTS) is 1. The Morgan fingerprint density at radius 3 is 2.25 bits per heavy atom. The molecular formula is C12H18F3NO4. The van der Waals surface area contributed by atoms with E-state index in [0.29, 0.717) is 25.7 Å². The zero-order valence-electron chi connectivity index (χ0n) is 11.2. The summed E-state index contributed by atoms with van der Waals surface area (Å²) in [6, 6.07) is 0. The van der Waals surface area contributed by atoms with Gasteiger partial charge in [-0.05, 0) is 12.8 Å². The summed E-state index contributed by atoms with van der Waals surface area (Å²) in [5.41, 5.74) is -1.32. The molecule has 1 amide bonds. The van der Waals surface area contributed by atoms with E-state index in [-0.39, 0.29) is 0 Å². The van der Waals surface area contributed by atoms with Gasteiger partial charge in [-0.15, -0.1) is 0 Å². The van der Waals surface area contributed by atoms with Gasteiger partial charge in [-0.25, -0.2) is 4.79 Å². The largest absolute Gasteiger partial charge is 0.479 e. The van der Waals surface area contributed by atoms with Gasteiger partial charge in [0, 0.05) is 7.05 Å². The van der Waals surface area contributed by atoms with Crippen LogP contribution in [0.5, 0.6) is 0 Å². The van der Waals surface area contributed by atoms with E-state index in [4.69, 9.17) is 0 Å². The Kier molecular flexibility index (Phi) is 5.38. The smallest absolute Gasteiger partial charge is 0.411 e. The summed E-state index contributed by atoms with van der Waals surface area (Å²) in [6.07, 6.45) is -1.65. The second-order valence-corrected chi connectivity index (χ2v) is 4.96. The fourth-order valence-corrected chi connectivity index (χ4v) is 2.42. The molecule has 116 valence electrons. The van der Waals surface area contributed by atoms with E-state index in [2.05, 4.69) is 4.74 Å². The van der Waals surface area contributed by atoms with Crippen molar-refractivity contribution in [2.24, 2.45) is 0 Å². The van der Waals surface area contributed by atoms with E-state index >= 15 is 0 Å². The lowest BCUT2D eigenvalue weighted by Crippen LogP contribution is -2.57. The lowest BCUT2D eigenvalue weighted by atomic mass is 9.80. The van der Waals surface area contributed by atoms with Crippen LogP contribution >= 0.6 is 0 Å². The average Bonchev–Trinajstić information content (AvgIpc) is 2.36. The number of alkyl halides is 3. The molecule has 8 heteroatoms. The Labute approximate surface area is 114 Å². The highest BCUT2D eigenvalue weighted by Gasteiger charge is 2.45. The molecule has 5 nitrogen and oxygen atoms in total. The third-order valence-electron chi connectivity index (χ3n) is 3.59. The quantitative estimate of drug-likeness (QED) is 0.840. The average molecular weight is 297 g/mol. The van der Waals surface area contributed by atoms with Crippen LogP contribution in [-0.4, -0.2) is 53.9 Å². The van der Waals surface area contributed by atoms with Gasteiger partial charge in [-0.2, -0.15) is 13.2 Å². The van der Waals surface area contributed by atoms with Crippen molar-refractivity contribution in [1.82, 2.24) is 4.90 Å². The van der Waals surface area contributed by atoms with Crippen LogP contribution < -0.4 is 0 Å². The number of hydrogen-bond acceptors (Lipinski definition) is 3. The second-order valence-electron chi connectivity index (χ2n) is 4.96. The Hall–Kier alpha value is -1.31. The molecule has 0 heterocycles. The Balaban J connectivity index is 2.63. The van der Waals surface area contributed by atoms with Gasteiger partial charge in [0.15, 0.2) is 0 Å². The van der Waals surface area contributed by atoms with Gasteiger partial charge in [0.25, 0.3) is 0 Å². The SMILES string of the molecule is CN(C(=O)COCC(F)(F)F)C1(C(=O)O)CCCCC1.